The summed E-state index contributed by atoms with van der Waals surface area (Å²) >= 11 is 0. The highest BCUT2D eigenvalue weighted by molar-refractivity contribution is 5.77. The lowest BCUT2D eigenvalue weighted by Gasteiger charge is -2.75. The maximum Gasteiger partial charge on any atom is 0.310 e. The lowest BCUT2D eigenvalue weighted by Crippen LogP contribution is -2.77. The third-order valence-corrected chi connectivity index (χ3v) is 13.9. The Balaban J connectivity index is 1.50. The van der Waals surface area contributed by atoms with Crippen molar-refractivity contribution in [3.63, 3.8) is 0 Å². The van der Waals surface area contributed by atoms with E-state index in [1.54, 1.807) is 0 Å². The monoisotopic (exact) mass is 502 g/mol. The molecule has 202 valence electrons. The molecule has 0 aromatic rings. The zero-order valence-corrected chi connectivity index (χ0v) is 22.9. The number of rotatable bonds is 1. The van der Waals surface area contributed by atoms with Gasteiger partial charge in [-0.3, -0.25) is 4.79 Å². The van der Waals surface area contributed by atoms with Crippen LogP contribution in [-0.2, 0) is 9.53 Å². The molecule has 0 radical (unpaired) electrons. The Morgan fingerprint density at radius 3 is 2.33 bits per heavy atom. The quantitative estimate of drug-likeness (QED) is 0.393. The first-order chi connectivity index (χ1) is 16.5. The molecule has 7 rings (SSSR count). The molecule has 2 bridgehead atoms. The molecule has 6 fully saturated rings. The van der Waals surface area contributed by atoms with E-state index in [2.05, 4.69) is 40.7 Å². The second-order valence-corrected chi connectivity index (χ2v) is 15.0. The number of hydrogen-bond acceptors (Lipinski definition) is 5. The number of carbonyl (C=O) groups is 1. The molecule has 4 saturated carbocycles. The highest BCUT2D eigenvalue weighted by Gasteiger charge is 2.77. The molecule has 2 aliphatic heterocycles. The van der Waals surface area contributed by atoms with Gasteiger partial charge in [-0.2, -0.15) is 0 Å². The van der Waals surface area contributed by atoms with E-state index in [4.69, 9.17) is 4.74 Å². The Labute approximate surface area is 215 Å². The van der Waals surface area contributed by atoms with E-state index in [-0.39, 0.29) is 39.9 Å². The van der Waals surface area contributed by atoms with Crippen molar-refractivity contribution in [1.82, 2.24) is 0 Å². The van der Waals surface area contributed by atoms with E-state index >= 15 is 0 Å². The van der Waals surface area contributed by atoms with Gasteiger partial charge in [0, 0.05) is 16.7 Å². The Kier molecular flexibility index (Phi) is 4.90. The number of fused-ring (bicyclic) bond motifs is 7. The number of allylic oxidation sites excluding steroid dienone is 1. The van der Waals surface area contributed by atoms with Crippen LogP contribution in [0.4, 0.5) is 0 Å². The Hall–Kier alpha value is -0.950. The van der Waals surface area contributed by atoms with Crippen molar-refractivity contribution in [2.45, 2.75) is 110 Å². The number of ether oxygens (including phenoxy) is 1. The predicted octanol–water partition coefficient (Wildman–Crippen LogP) is 4.51. The lowest BCUT2D eigenvalue weighted by atomic mass is 9.32. The molecule has 2 saturated heterocycles. The number of hydrogen-bond donors (Lipinski definition) is 4. The standard InChI is InChI=1S/C30H46O6/c1-17-9-12-28(23(32)33)14-13-25(4)18(22(28)27(17,6)34)7-8-20-26(25,5)11-10-19-24(2,3)30(35)21(31)15-29(19,20)16-36-30/h7,17,19-22,31,34-35H,8-16H2,1-6H3,(H,32,33)/t17-,19+,20+,21-,22+,25-,26+,27+,28+,29-,30+/m1/s1. The summed E-state index contributed by atoms with van der Waals surface area (Å²) in [6.45, 7) is 13.3. The van der Waals surface area contributed by atoms with Crippen LogP contribution in [0.25, 0.3) is 0 Å². The van der Waals surface area contributed by atoms with Crippen LogP contribution in [0, 0.1) is 50.7 Å². The summed E-state index contributed by atoms with van der Waals surface area (Å²) in [6.07, 6.45) is 7.46. The fraction of sp³-hybridized carbons (Fsp3) is 0.900. The first-order valence-corrected chi connectivity index (χ1v) is 14.3. The Morgan fingerprint density at radius 1 is 1.00 bits per heavy atom. The summed E-state index contributed by atoms with van der Waals surface area (Å²) in [6, 6.07) is 0. The molecular weight excluding hydrogens is 456 g/mol. The van der Waals surface area contributed by atoms with Gasteiger partial charge in [0.15, 0.2) is 5.79 Å². The molecule has 7 aliphatic rings. The van der Waals surface area contributed by atoms with Gasteiger partial charge in [0.25, 0.3) is 0 Å². The number of carboxylic acids is 1. The average Bonchev–Trinajstić information content (AvgIpc) is 2.78. The second kappa shape index (κ2) is 6.97. The van der Waals surface area contributed by atoms with Gasteiger partial charge in [0.2, 0.25) is 0 Å². The molecule has 5 aliphatic carbocycles. The summed E-state index contributed by atoms with van der Waals surface area (Å²) in [7, 11) is 0. The third kappa shape index (κ3) is 2.48. The normalized spacial score (nSPS) is 59.1. The van der Waals surface area contributed by atoms with Gasteiger partial charge in [-0.15, -0.1) is 0 Å². The maximum absolute atomic E-state index is 12.9. The Bertz CT molecular complexity index is 1030. The number of carboxylic acid groups (broad SMARTS) is 1. The van der Waals surface area contributed by atoms with E-state index in [0.717, 1.165) is 32.1 Å². The lowest BCUT2D eigenvalue weighted by molar-refractivity contribution is -0.426. The summed E-state index contributed by atoms with van der Waals surface area (Å²) in [5.41, 5.74) is -1.94. The van der Waals surface area contributed by atoms with E-state index < -0.39 is 34.3 Å². The van der Waals surface area contributed by atoms with Crippen LogP contribution in [0.3, 0.4) is 0 Å². The van der Waals surface area contributed by atoms with Crippen molar-refractivity contribution in [2.24, 2.45) is 50.7 Å². The molecule has 0 aromatic heterocycles. The third-order valence-electron chi connectivity index (χ3n) is 13.9. The van der Waals surface area contributed by atoms with Crippen LogP contribution < -0.4 is 0 Å². The SMILES string of the molecule is C[C@@H]1CC[C@]2(C(=O)O)CC[C@]3(C)C(=CC[C@@H]4[C@@]56CO[C@@](O)([C@H](O)C5)C(C)(C)[C@@H]6CC[C@@]43C)[C@H]2[C@@]1(C)O. The van der Waals surface area contributed by atoms with Gasteiger partial charge in [-0.25, -0.2) is 0 Å². The summed E-state index contributed by atoms with van der Waals surface area (Å²) in [4.78, 5) is 12.9. The largest absolute Gasteiger partial charge is 0.481 e. The molecule has 36 heavy (non-hydrogen) atoms. The van der Waals surface area contributed by atoms with Gasteiger partial charge in [-0.1, -0.05) is 46.3 Å². The molecule has 0 unspecified atom stereocenters. The Morgan fingerprint density at radius 2 is 1.69 bits per heavy atom. The van der Waals surface area contributed by atoms with Crippen LogP contribution in [0.2, 0.25) is 0 Å². The van der Waals surface area contributed by atoms with Crippen LogP contribution in [0.5, 0.6) is 0 Å². The van der Waals surface area contributed by atoms with E-state index in [1.165, 1.54) is 5.57 Å². The topological polar surface area (TPSA) is 107 Å². The van der Waals surface area contributed by atoms with Gasteiger partial charge in [0.05, 0.1) is 17.6 Å². The summed E-state index contributed by atoms with van der Waals surface area (Å²) in [5, 5.41) is 45.0. The summed E-state index contributed by atoms with van der Waals surface area (Å²) in [5.74, 6) is -2.09. The zero-order valence-electron chi connectivity index (χ0n) is 22.9. The molecule has 4 N–H and O–H groups in total. The average molecular weight is 503 g/mol. The fourth-order valence-electron chi connectivity index (χ4n) is 11.4. The molecule has 2 heterocycles. The highest BCUT2D eigenvalue weighted by Crippen LogP contribution is 2.78. The van der Waals surface area contributed by atoms with Gasteiger partial charge < -0.3 is 25.2 Å². The second-order valence-electron chi connectivity index (χ2n) is 15.0. The van der Waals surface area contributed by atoms with Crippen LogP contribution >= 0.6 is 0 Å². The minimum absolute atomic E-state index is 0.0387. The zero-order chi connectivity index (χ0) is 26.3. The first kappa shape index (κ1) is 25.3. The van der Waals surface area contributed by atoms with Crippen molar-refractivity contribution >= 4 is 5.97 Å². The van der Waals surface area contributed by atoms with Crippen molar-refractivity contribution in [3.05, 3.63) is 11.6 Å². The molecule has 0 aromatic carbocycles. The van der Waals surface area contributed by atoms with Crippen LogP contribution in [0.1, 0.15) is 92.9 Å². The van der Waals surface area contributed by atoms with E-state index in [1.807, 2.05) is 6.92 Å². The van der Waals surface area contributed by atoms with E-state index in [0.29, 0.717) is 25.9 Å². The van der Waals surface area contributed by atoms with Gasteiger partial charge in [-0.05, 0) is 86.9 Å². The number of aliphatic hydroxyl groups excluding tert-OH is 1. The van der Waals surface area contributed by atoms with Crippen LogP contribution in [-0.4, -0.2) is 50.5 Å². The van der Waals surface area contributed by atoms with Gasteiger partial charge >= 0.3 is 5.97 Å². The fourth-order valence-corrected chi connectivity index (χ4v) is 11.4. The molecule has 6 nitrogen and oxygen atoms in total. The number of aliphatic hydroxyl groups is 3. The molecule has 1 spiro atoms. The van der Waals surface area contributed by atoms with Crippen molar-refractivity contribution in [2.75, 3.05) is 6.61 Å². The highest BCUT2D eigenvalue weighted by atomic mass is 16.6. The molecule has 0 amide bonds. The molecular formula is C30H46O6. The first-order valence-electron chi connectivity index (χ1n) is 14.3. The van der Waals surface area contributed by atoms with E-state index in [9.17, 15) is 25.2 Å². The van der Waals surface area contributed by atoms with Crippen molar-refractivity contribution < 1.29 is 30.0 Å². The van der Waals surface area contributed by atoms with Crippen molar-refractivity contribution in [3.8, 4) is 0 Å². The minimum Gasteiger partial charge on any atom is -0.481 e. The molecule has 6 heteroatoms. The smallest absolute Gasteiger partial charge is 0.310 e. The maximum atomic E-state index is 12.9. The number of aliphatic carboxylic acids is 1. The predicted molar refractivity (Wildman–Crippen MR) is 135 cm³/mol. The van der Waals surface area contributed by atoms with Crippen molar-refractivity contribution in [1.29, 1.82) is 0 Å². The minimum atomic E-state index is -1.50. The van der Waals surface area contributed by atoms with Crippen LogP contribution in [0.15, 0.2) is 11.6 Å². The molecule has 11 atom stereocenters. The van der Waals surface area contributed by atoms with Gasteiger partial charge in [0.1, 0.15) is 6.10 Å². The summed E-state index contributed by atoms with van der Waals surface area (Å²) < 4.78 is 6.16.